The van der Waals surface area contributed by atoms with Crippen LogP contribution in [-0.4, -0.2) is 28.0 Å². The Morgan fingerprint density at radius 3 is 2.16 bits per heavy atom. The van der Waals surface area contributed by atoms with Gasteiger partial charge in [0.15, 0.2) is 0 Å². The molecule has 190 valence electrons. The van der Waals surface area contributed by atoms with E-state index in [1.54, 1.807) is 30.3 Å². The van der Waals surface area contributed by atoms with E-state index in [4.69, 9.17) is 16.3 Å². The summed E-state index contributed by atoms with van der Waals surface area (Å²) in [6.07, 6.45) is 0. The highest BCUT2D eigenvalue weighted by Gasteiger charge is 2.29. The number of aryl methyl sites for hydroxylation is 1. The summed E-state index contributed by atoms with van der Waals surface area (Å²) in [6, 6.07) is 29.4. The number of sulfonamides is 1. The predicted octanol–water partition coefficient (Wildman–Crippen LogP) is 5.76. The molecule has 1 N–H and O–H groups in total. The molecule has 37 heavy (non-hydrogen) atoms. The number of carbonyl (C=O) groups is 1. The van der Waals surface area contributed by atoms with Crippen LogP contribution in [0.2, 0.25) is 5.02 Å². The van der Waals surface area contributed by atoms with Gasteiger partial charge >= 0.3 is 0 Å². The van der Waals surface area contributed by atoms with Crippen LogP contribution in [0, 0.1) is 6.92 Å². The average molecular weight is 535 g/mol. The molecule has 0 aromatic heterocycles. The first-order chi connectivity index (χ1) is 17.8. The SMILES string of the molecule is COc1ccc(S(=O)(=O)N(CC(=O)N[C@@H](c2ccccc2)c2ccc(C)cc2)c2cccc(Cl)c2)cc1. The molecule has 0 aliphatic carbocycles. The summed E-state index contributed by atoms with van der Waals surface area (Å²) in [5.41, 5.74) is 3.15. The lowest BCUT2D eigenvalue weighted by Crippen LogP contribution is -2.42. The number of nitrogens with one attached hydrogen (secondary N) is 1. The Balaban J connectivity index is 1.68. The highest BCUT2D eigenvalue weighted by Crippen LogP contribution is 2.28. The van der Waals surface area contributed by atoms with Gasteiger partial charge in [-0.2, -0.15) is 0 Å². The second-order valence-corrected chi connectivity index (χ2v) is 10.8. The van der Waals surface area contributed by atoms with Crippen molar-refractivity contribution >= 4 is 33.2 Å². The first kappa shape index (κ1) is 26.3. The van der Waals surface area contributed by atoms with E-state index in [0.29, 0.717) is 10.8 Å². The summed E-state index contributed by atoms with van der Waals surface area (Å²) in [5.74, 6) is 0.0567. The Kier molecular flexibility index (Phi) is 8.16. The van der Waals surface area contributed by atoms with Crippen LogP contribution >= 0.6 is 11.6 Å². The molecule has 4 aromatic carbocycles. The van der Waals surface area contributed by atoms with Gasteiger partial charge in [0.05, 0.1) is 23.7 Å². The number of halogens is 1. The third-order valence-electron chi connectivity index (χ3n) is 5.88. The minimum Gasteiger partial charge on any atom is -0.497 e. The Morgan fingerprint density at radius 2 is 1.54 bits per heavy atom. The fourth-order valence-corrected chi connectivity index (χ4v) is 5.52. The number of amides is 1. The van der Waals surface area contributed by atoms with Crippen molar-refractivity contribution in [2.45, 2.75) is 17.9 Å². The van der Waals surface area contributed by atoms with Crippen molar-refractivity contribution in [3.63, 3.8) is 0 Å². The van der Waals surface area contributed by atoms with Crippen LogP contribution in [0.5, 0.6) is 5.75 Å². The van der Waals surface area contributed by atoms with Gasteiger partial charge in [-0.25, -0.2) is 8.42 Å². The van der Waals surface area contributed by atoms with E-state index in [-0.39, 0.29) is 10.6 Å². The number of benzene rings is 4. The van der Waals surface area contributed by atoms with Crippen molar-refractivity contribution in [2.24, 2.45) is 0 Å². The maximum atomic E-state index is 13.7. The van der Waals surface area contributed by atoms with Gasteiger partial charge in [-0.1, -0.05) is 77.8 Å². The lowest BCUT2D eigenvalue weighted by molar-refractivity contribution is -0.120. The van der Waals surface area contributed by atoms with E-state index in [2.05, 4.69) is 5.32 Å². The number of carbonyl (C=O) groups excluding carboxylic acids is 1. The molecule has 4 rings (SSSR count). The van der Waals surface area contributed by atoms with Crippen LogP contribution in [0.25, 0.3) is 0 Å². The lowest BCUT2D eigenvalue weighted by Gasteiger charge is -2.26. The standard InChI is InChI=1S/C29H27ClN2O4S/c1-21-11-13-23(14-12-21)29(22-7-4-3-5-8-22)31-28(33)20-32(25-10-6-9-24(30)19-25)37(34,35)27-17-15-26(36-2)16-18-27/h3-19,29H,20H2,1-2H3,(H,31,33)/t29-/m0/s1. The number of hydrogen-bond acceptors (Lipinski definition) is 4. The maximum Gasteiger partial charge on any atom is 0.264 e. The molecule has 4 aromatic rings. The topological polar surface area (TPSA) is 75.7 Å². The van der Waals surface area contributed by atoms with Crippen LogP contribution < -0.4 is 14.4 Å². The van der Waals surface area contributed by atoms with Crippen LogP contribution in [0.4, 0.5) is 5.69 Å². The Morgan fingerprint density at radius 1 is 0.892 bits per heavy atom. The van der Waals surface area contributed by atoms with Crippen LogP contribution in [-0.2, 0) is 14.8 Å². The van der Waals surface area contributed by atoms with Gasteiger partial charge in [-0.3, -0.25) is 9.10 Å². The molecular formula is C29H27ClN2O4S. The van der Waals surface area contributed by atoms with Crippen molar-refractivity contribution in [3.05, 3.63) is 125 Å². The quantitative estimate of drug-likeness (QED) is 0.296. The summed E-state index contributed by atoms with van der Waals surface area (Å²) < 4.78 is 33.6. The van der Waals surface area contributed by atoms with E-state index < -0.39 is 28.5 Å². The molecule has 0 aliphatic rings. The third-order valence-corrected chi connectivity index (χ3v) is 7.90. The number of hydrogen-bond donors (Lipinski definition) is 1. The Bertz CT molecular complexity index is 1460. The van der Waals surface area contributed by atoms with Gasteiger partial charge in [0, 0.05) is 5.02 Å². The zero-order valence-electron chi connectivity index (χ0n) is 20.5. The van der Waals surface area contributed by atoms with Gasteiger partial charge in [0.1, 0.15) is 12.3 Å². The fraction of sp³-hybridized carbons (Fsp3) is 0.138. The molecule has 1 amide bonds. The second kappa shape index (κ2) is 11.5. The molecule has 0 spiro atoms. The summed E-state index contributed by atoms with van der Waals surface area (Å²) in [5, 5.41) is 3.38. The van der Waals surface area contributed by atoms with Crippen LogP contribution in [0.3, 0.4) is 0 Å². The minimum atomic E-state index is -4.10. The molecule has 6 nitrogen and oxygen atoms in total. The summed E-state index contributed by atoms with van der Waals surface area (Å²) in [4.78, 5) is 13.5. The summed E-state index contributed by atoms with van der Waals surface area (Å²) in [6.45, 7) is 1.55. The molecule has 0 fully saturated rings. The van der Waals surface area contributed by atoms with Gasteiger partial charge in [-0.15, -0.1) is 0 Å². The third kappa shape index (κ3) is 6.31. The van der Waals surface area contributed by atoms with Gasteiger partial charge in [0.25, 0.3) is 10.0 Å². The second-order valence-electron chi connectivity index (χ2n) is 8.49. The number of methoxy groups -OCH3 is 1. The van der Waals surface area contributed by atoms with Gasteiger partial charge in [0.2, 0.25) is 5.91 Å². The van der Waals surface area contributed by atoms with E-state index in [1.165, 1.54) is 25.3 Å². The molecule has 0 heterocycles. The molecule has 0 saturated heterocycles. The average Bonchev–Trinajstić information content (AvgIpc) is 2.91. The summed E-state index contributed by atoms with van der Waals surface area (Å²) in [7, 11) is -2.60. The van der Waals surface area contributed by atoms with Crippen LogP contribution in [0.15, 0.2) is 108 Å². The largest absolute Gasteiger partial charge is 0.497 e. The highest BCUT2D eigenvalue weighted by atomic mass is 35.5. The van der Waals surface area contributed by atoms with Crippen molar-refractivity contribution < 1.29 is 17.9 Å². The zero-order chi connectivity index (χ0) is 26.4. The van der Waals surface area contributed by atoms with Crippen molar-refractivity contribution in [3.8, 4) is 5.75 Å². The Hall–Kier alpha value is -3.81. The number of ether oxygens (including phenoxy) is 1. The van der Waals surface area contributed by atoms with E-state index in [9.17, 15) is 13.2 Å². The normalized spacial score (nSPS) is 12.0. The lowest BCUT2D eigenvalue weighted by atomic mass is 9.98. The molecule has 0 radical (unpaired) electrons. The van der Waals surface area contributed by atoms with Crippen molar-refractivity contribution in [1.82, 2.24) is 5.32 Å². The van der Waals surface area contributed by atoms with E-state index in [0.717, 1.165) is 21.0 Å². The van der Waals surface area contributed by atoms with Crippen LogP contribution in [0.1, 0.15) is 22.7 Å². The zero-order valence-corrected chi connectivity index (χ0v) is 22.0. The fourth-order valence-electron chi connectivity index (χ4n) is 3.92. The predicted molar refractivity (Wildman–Crippen MR) is 147 cm³/mol. The van der Waals surface area contributed by atoms with E-state index >= 15 is 0 Å². The monoisotopic (exact) mass is 534 g/mol. The molecule has 0 aliphatic heterocycles. The number of rotatable bonds is 9. The summed E-state index contributed by atoms with van der Waals surface area (Å²) >= 11 is 6.18. The molecular weight excluding hydrogens is 508 g/mol. The first-order valence-electron chi connectivity index (χ1n) is 11.6. The number of anilines is 1. The first-order valence-corrected chi connectivity index (χ1v) is 13.4. The maximum absolute atomic E-state index is 13.7. The molecule has 0 bridgehead atoms. The van der Waals surface area contributed by atoms with Crippen molar-refractivity contribution in [1.29, 1.82) is 0 Å². The molecule has 0 saturated carbocycles. The van der Waals surface area contributed by atoms with Gasteiger partial charge in [-0.05, 0) is 60.5 Å². The van der Waals surface area contributed by atoms with Gasteiger partial charge < -0.3 is 10.1 Å². The highest BCUT2D eigenvalue weighted by molar-refractivity contribution is 7.92. The Labute approximate surface area is 222 Å². The molecule has 8 heteroatoms. The minimum absolute atomic E-state index is 0.0271. The molecule has 1 atom stereocenters. The molecule has 0 unspecified atom stereocenters. The number of nitrogens with zero attached hydrogens (tertiary/aromatic N) is 1. The van der Waals surface area contributed by atoms with Crippen molar-refractivity contribution in [2.75, 3.05) is 18.0 Å². The smallest absolute Gasteiger partial charge is 0.264 e. The van der Waals surface area contributed by atoms with E-state index in [1.807, 2.05) is 61.5 Å².